The van der Waals surface area contributed by atoms with Gasteiger partial charge in [0.15, 0.2) is 0 Å². The number of Topliss-reactive ketones (excluding diaryl/α,β-unsaturated/α-hetero) is 1. The van der Waals surface area contributed by atoms with Crippen molar-refractivity contribution < 1.29 is 9.59 Å². The number of ketones is 1. The Morgan fingerprint density at radius 2 is 1.89 bits per heavy atom. The number of carbonyl (C=O) groups excluding carboxylic acids is 2. The predicted octanol–water partition coefficient (Wildman–Crippen LogP) is 2.94. The molecule has 0 aliphatic carbocycles. The fourth-order valence-electron chi connectivity index (χ4n) is 1.90. The minimum atomic E-state index is -0.613. The van der Waals surface area contributed by atoms with Crippen molar-refractivity contribution >= 4 is 40.6 Å². The highest BCUT2D eigenvalue weighted by molar-refractivity contribution is 6.56. The molecule has 92 valence electrons. The Morgan fingerprint density at radius 1 is 1.22 bits per heavy atom. The van der Waals surface area contributed by atoms with Crippen molar-refractivity contribution in [2.24, 2.45) is 0 Å². The van der Waals surface area contributed by atoms with E-state index in [2.05, 4.69) is 5.92 Å². The quantitative estimate of drug-likeness (QED) is 0.485. The zero-order chi connectivity index (χ0) is 13.3. The van der Waals surface area contributed by atoms with Crippen LogP contribution in [0.4, 0.5) is 5.69 Å². The molecule has 0 radical (unpaired) electrons. The third kappa shape index (κ3) is 1.98. The molecule has 0 atom stereocenters. The highest BCUT2D eigenvalue weighted by atomic mass is 35.5. The second kappa shape index (κ2) is 5.01. The van der Waals surface area contributed by atoms with Crippen LogP contribution in [0.3, 0.4) is 0 Å². The number of fused-ring (bicyclic) bond motifs is 1. The lowest BCUT2D eigenvalue weighted by atomic mass is 10.1. The molecule has 0 N–H and O–H groups in total. The van der Waals surface area contributed by atoms with E-state index in [1.165, 1.54) is 11.0 Å². The summed E-state index contributed by atoms with van der Waals surface area (Å²) in [5.41, 5.74) is 0.589. The van der Waals surface area contributed by atoms with Crippen LogP contribution in [0.1, 0.15) is 23.2 Å². The Kier molecular flexibility index (Phi) is 3.60. The first-order valence-corrected chi connectivity index (χ1v) is 6.11. The van der Waals surface area contributed by atoms with E-state index in [0.29, 0.717) is 30.1 Å². The minimum Gasteiger partial charge on any atom is -0.303 e. The summed E-state index contributed by atoms with van der Waals surface area (Å²) in [6, 6.07) is 3.08. The van der Waals surface area contributed by atoms with Gasteiger partial charge in [0.05, 0.1) is 21.3 Å². The maximum Gasteiger partial charge on any atom is 0.299 e. The molecule has 0 saturated heterocycles. The van der Waals surface area contributed by atoms with Gasteiger partial charge in [0.1, 0.15) is 0 Å². The number of benzene rings is 1. The lowest BCUT2D eigenvalue weighted by Crippen LogP contribution is -2.30. The molecule has 0 unspecified atom stereocenters. The summed E-state index contributed by atoms with van der Waals surface area (Å²) in [7, 11) is 0. The number of halogens is 2. The van der Waals surface area contributed by atoms with Crippen LogP contribution in [0.25, 0.3) is 0 Å². The van der Waals surface area contributed by atoms with Crippen molar-refractivity contribution in [1.29, 1.82) is 0 Å². The zero-order valence-electron chi connectivity index (χ0n) is 9.37. The third-order valence-electron chi connectivity index (χ3n) is 2.72. The van der Waals surface area contributed by atoms with Crippen molar-refractivity contribution in [2.75, 3.05) is 11.4 Å². The molecule has 0 aromatic heterocycles. The summed E-state index contributed by atoms with van der Waals surface area (Å²) in [5.74, 6) is 1.27. The molecule has 18 heavy (non-hydrogen) atoms. The molecule has 0 fully saturated rings. The topological polar surface area (TPSA) is 37.4 Å². The van der Waals surface area contributed by atoms with Gasteiger partial charge in [-0.1, -0.05) is 23.2 Å². The smallest absolute Gasteiger partial charge is 0.299 e. The fraction of sp³-hybridized carbons (Fsp3) is 0.231. The minimum absolute atomic E-state index is 0.190. The van der Waals surface area contributed by atoms with Crippen molar-refractivity contribution in [1.82, 2.24) is 0 Å². The Balaban J connectivity index is 2.42. The first-order valence-electron chi connectivity index (χ1n) is 5.35. The second-order valence-corrected chi connectivity index (χ2v) is 4.66. The number of hydrogen-bond acceptors (Lipinski definition) is 2. The van der Waals surface area contributed by atoms with Gasteiger partial charge in [0, 0.05) is 13.0 Å². The predicted molar refractivity (Wildman–Crippen MR) is 71.2 cm³/mol. The van der Waals surface area contributed by atoms with Crippen molar-refractivity contribution in [3.05, 3.63) is 27.7 Å². The van der Waals surface area contributed by atoms with Crippen molar-refractivity contribution in [3.8, 4) is 12.3 Å². The number of anilines is 1. The number of amides is 1. The van der Waals surface area contributed by atoms with Gasteiger partial charge in [-0.15, -0.1) is 12.3 Å². The Hall–Kier alpha value is -1.50. The van der Waals surface area contributed by atoms with Crippen LogP contribution in [0, 0.1) is 12.3 Å². The van der Waals surface area contributed by atoms with E-state index in [4.69, 9.17) is 29.6 Å². The highest BCUT2D eigenvalue weighted by Gasteiger charge is 2.38. The number of rotatable bonds is 3. The van der Waals surface area contributed by atoms with Gasteiger partial charge in [0.25, 0.3) is 11.7 Å². The third-order valence-corrected chi connectivity index (χ3v) is 3.34. The number of nitrogens with zero attached hydrogens (tertiary/aromatic N) is 1. The van der Waals surface area contributed by atoms with E-state index in [1.54, 1.807) is 6.07 Å². The molecule has 1 amide bonds. The average Bonchev–Trinajstić information content (AvgIpc) is 2.60. The first-order chi connectivity index (χ1) is 8.57. The van der Waals surface area contributed by atoms with E-state index in [0.717, 1.165) is 0 Å². The molecule has 3 nitrogen and oxygen atoms in total. The molecule has 0 saturated carbocycles. The van der Waals surface area contributed by atoms with Crippen molar-refractivity contribution in [3.63, 3.8) is 0 Å². The molecule has 5 heteroatoms. The standard InChI is InChI=1S/C13H9Cl2NO2/c1-2-3-4-7-16-11-9(15)6-5-8(14)10(11)12(17)13(16)18/h1,5-6H,3-4,7H2. The van der Waals surface area contributed by atoms with Gasteiger partial charge in [-0.25, -0.2) is 0 Å². The summed E-state index contributed by atoms with van der Waals surface area (Å²) >= 11 is 12.0. The zero-order valence-corrected chi connectivity index (χ0v) is 10.9. The van der Waals surface area contributed by atoms with E-state index in [-0.39, 0.29) is 10.6 Å². The van der Waals surface area contributed by atoms with Gasteiger partial charge in [-0.2, -0.15) is 0 Å². The monoisotopic (exact) mass is 281 g/mol. The molecule has 1 heterocycles. The molecular weight excluding hydrogens is 273 g/mol. The van der Waals surface area contributed by atoms with Gasteiger partial charge in [0.2, 0.25) is 0 Å². The lowest BCUT2D eigenvalue weighted by molar-refractivity contribution is -0.114. The lowest BCUT2D eigenvalue weighted by Gasteiger charge is -2.17. The van der Waals surface area contributed by atoms with E-state index in [1.807, 2.05) is 0 Å². The molecule has 0 spiro atoms. The molecule has 1 aromatic rings. The molecule has 1 aliphatic rings. The SMILES string of the molecule is C#CCCCN1C(=O)C(=O)c2c(Cl)ccc(Cl)c21. The van der Waals surface area contributed by atoms with Gasteiger partial charge >= 0.3 is 0 Å². The Labute approximate surface area is 115 Å². The van der Waals surface area contributed by atoms with Crippen LogP contribution >= 0.6 is 23.2 Å². The highest BCUT2D eigenvalue weighted by Crippen LogP contribution is 2.39. The van der Waals surface area contributed by atoms with Crippen LogP contribution in [0.5, 0.6) is 0 Å². The number of carbonyl (C=O) groups is 2. The molecule has 2 rings (SSSR count). The number of terminal acetylenes is 1. The van der Waals surface area contributed by atoms with Crippen LogP contribution in [-0.2, 0) is 4.79 Å². The maximum absolute atomic E-state index is 11.9. The average molecular weight is 282 g/mol. The molecular formula is C13H9Cl2NO2. The van der Waals surface area contributed by atoms with Gasteiger partial charge in [-0.3, -0.25) is 9.59 Å². The molecule has 1 aliphatic heterocycles. The first kappa shape index (κ1) is 12.9. The second-order valence-electron chi connectivity index (χ2n) is 3.85. The fourth-order valence-corrected chi connectivity index (χ4v) is 2.40. The summed E-state index contributed by atoms with van der Waals surface area (Å²) in [4.78, 5) is 25.1. The van der Waals surface area contributed by atoms with E-state index >= 15 is 0 Å². The van der Waals surface area contributed by atoms with Crippen LogP contribution in [0.15, 0.2) is 12.1 Å². The van der Waals surface area contributed by atoms with Crippen molar-refractivity contribution in [2.45, 2.75) is 12.8 Å². The summed E-state index contributed by atoms with van der Waals surface area (Å²) in [6.45, 7) is 0.363. The van der Waals surface area contributed by atoms with Crippen LogP contribution < -0.4 is 4.90 Å². The van der Waals surface area contributed by atoms with Crippen LogP contribution in [0.2, 0.25) is 10.0 Å². The Bertz CT molecular complexity index is 575. The Morgan fingerprint density at radius 3 is 2.56 bits per heavy atom. The van der Waals surface area contributed by atoms with Gasteiger partial charge in [-0.05, 0) is 18.6 Å². The number of hydrogen-bond donors (Lipinski definition) is 0. The largest absolute Gasteiger partial charge is 0.303 e. The molecule has 0 bridgehead atoms. The van der Waals surface area contributed by atoms with Gasteiger partial charge < -0.3 is 4.90 Å². The number of unbranched alkanes of at least 4 members (excludes halogenated alkanes) is 1. The maximum atomic E-state index is 11.9. The summed E-state index contributed by atoms with van der Waals surface area (Å²) in [6.07, 6.45) is 6.30. The van der Waals surface area contributed by atoms with Crippen LogP contribution in [-0.4, -0.2) is 18.2 Å². The molecule has 1 aromatic carbocycles. The summed E-state index contributed by atoms with van der Waals surface area (Å²) in [5, 5.41) is 0.585. The summed E-state index contributed by atoms with van der Waals surface area (Å²) < 4.78 is 0. The normalized spacial score (nSPS) is 13.7. The van der Waals surface area contributed by atoms with E-state index < -0.39 is 11.7 Å². The van der Waals surface area contributed by atoms with E-state index in [9.17, 15) is 9.59 Å².